The molecule has 1 aliphatic heterocycles. The maximum Gasteiger partial charge on any atom is 0.307 e. The van der Waals surface area contributed by atoms with Gasteiger partial charge in [-0.15, -0.1) is 0 Å². The van der Waals surface area contributed by atoms with Crippen LogP contribution >= 0.6 is 0 Å². The molecule has 0 aromatic carbocycles. The van der Waals surface area contributed by atoms with Gasteiger partial charge in [0.2, 0.25) is 5.91 Å². The quantitative estimate of drug-likeness (QED) is 0.854. The van der Waals surface area contributed by atoms with E-state index in [-0.39, 0.29) is 11.8 Å². The second-order valence-electron chi connectivity index (χ2n) is 6.33. The highest BCUT2D eigenvalue weighted by atomic mass is 16.4. The SMILES string of the molecule is CCC1C[C@H](C(=O)N2CCCC(C)C2)[C@H](C(=O)O)C1. The summed E-state index contributed by atoms with van der Waals surface area (Å²) in [4.78, 5) is 25.8. The Hall–Kier alpha value is -1.06. The van der Waals surface area contributed by atoms with Gasteiger partial charge >= 0.3 is 5.97 Å². The first-order valence-corrected chi connectivity index (χ1v) is 7.54. The highest BCUT2D eigenvalue weighted by molar-refractivity contribution is 5.85. The lowest BCUT2D eigenvalue weighted by Crippen LogP contribution is -2.44. The summed E-state index contributed by atoms with van der Waals surface area (Å²) in [6, 6.07) is 0. The highest BCUT2D eigenvalue weighted by Crippen LogP contribution is 2.39. The summed E-state index contributed by atoms with van der Waals surface area (Å²) in [6.45, 7) is 5.86. The predicted molar refractivity (Wildman–Crippen MR) is 72.6 cm³/mol. The van der Waals surface area contributed by atoms with Gasteiger partial charge in [-0.3, -0.25) is 9.59 Å². The lowest BCUT2D eigenvalue weighted by atomic mass is 9.92. The number of rotatable bonds is 3. The zero-order chi connectivity index (χ0) is 14.0. The zero-order valence-electron chi connectivity index (χ0n) is 12.0. The Morgan fingerprint density at radius 1 is 1.26 bits per heavy atom. The van der Waals surface area contributed by atoms with Crippen molar-refractivity contribution in [3.8, 4) is 0 Å². The molecule has 0 radical (unpaired) electrons. The molecule has 0 spiro atoms. The number of aliphatic carboxylic acids is 1. The summed E-state index contributed by atoms with van der Waals surface area (Å²) in [5, 5.41) is 9.33. The molecule has 1 amide bonds. The molecule has 1 saturated carbocycles. The monoisotopic (exact) mass is 267 g/mol. The van der Waals surface area contributed by atoms with E-state index in [0.717, 1.165) is 32.4 Å². The Balaban J connectivity index is 2.05. The van der Waals surface area contributed by atoms with Crippen LogP contribution in [-0.2, 0) is 9.59 Å². The number of likely N-dealkylation sites (tertiary alicyclic amines) is 1. The van der Waals surface area contributed by atoms with Crippen molar-refractivity contribution < 1.29 is 14.7 Å². The molecule has 108 valence electrons. The largest absolute Gasteiger partial charge is 0.481 e. The van der Waals surface area contributed by atoms with Crippen molar-refractivity contribution >= 4 is 11.9 Å². The van der Waals surface area contributed by atoms with Gasteiger partial charge in [0.1, 0.15) is 0 Å². The van der Waals surface area contributed by atoms with E-state index in [9.17, 15) is 14.7 Å². The van der Waals surface area contributed by atoms with E-state index in [1.807, 2.05) is 4.90 Å². The number of amides is 1. The Morgan fingerprint density at radius 3 is 2.53 bits per heavy atom. The van der Waals surface area contributed by atoms with Crippen LogP contribution in [0.1, 0.15) is 46.0 Å². The number of hydrogen-bond acceptors (Lipinski definition) is 2. The van der Waals surface area contributed by atoms with Crippen LogP contribution in [0.25, 0.3) is 0 Å². The molecule has 1 N–H and O–H groups in total. The van der Waals surface area contributed by atoms with E-state index < -0.39 is 11.9 Å². The zero-order valence-corrected chi connectivity index (χ0v) is 12.0. The molecule has 2 rings (SSSR count). The number of piperidine rings is 1. The lowest BCUT2D eigenvalue weighted by Gasteiger charge is -2.33. The van der Waals surface area contributed by atoms with Crippen LogP contribution in [0, 0.1) is 23.7 Å². The minimum absolute atomic E-state index is 0.0925. The molecule has 0 aromatic heterocycles. The topological polar surface area (TPSA) is 57.6 Å². The number of carbonyl (C=O) groups excluding carboxylic acids is 1. The van der Waals surface area contributed by atoms with Gasteiger partial charge in [-0.2, -0.15) is 0 Å². The van der Waals surface area contributed by atoms with Gasteiger partial charge in [-0.1, -0.05) is 20.3 Å². The molecule has 1 aliphatic carbocycles. The van der Waals surface area contributed by atoms with Gasteiger partial charge in [0.05, 0.1) is 11.8 Å². The molecular formula is C15H25NO3. The molecule has 2 aliphatic rings. The summed E-state index contributed by atoms with van der Waals surface area (Å²) in [7, 11) is 0. The second-order valence-corrected chi connectivity index (χ2v) is 6.33. The molecule has 2 unspecified atom stereocenters. The Labute approximate surface area is 115 Å². The first-order chi connectivity index (χ1) is 9.02. The van der Waals surface area contributed by atoms with Gasteiger partial charge in [0, 0.05) is 13.1 Å². The average Bonchev–Trinajstić information content (AvgIpc) is 2.82. The third-order valence-corrected chi connectivity index (χ3v) is 4.84. The Kier molecular flexibility index (Phi) is 4.48. The van der Waals surface area contributed by atoms with Crippen LogP contribution < -0.4 is 0 Å². The molecule has 1 heterocycles. The molecule has 1 saturated heterocycles. The number of nitrogens with zero attached hydrogens (tertiary/aromatic N) is 1. The number of carbonyl (C=O) groups is 2. The fraction of sp³-hybridized carbons (Fsp3) is 0.867. The van der Waals surface area contributed by atoms with Crippen molar-refractivity contribution in [1.82, 2.24) is 4.90 Å². The van der Waals surface area contributed by atoms with E-state index in [4.69, 9.17) is 0 Å². The molecule has 4 nitrogen and oxygen atoms in total. The molecule has 0 aromatic rings. The maximum atomic E-state index is 12.6. The van der Waals surface area contributed by atoms with Gasteiger partial charge in [0.15, 0.2) is 0 Å². The fourth-order valence-electron chi connectivity index (χ4n) is 3.65. The molecule has 4 heteroatoms. The van der Waals surface area contributed by atoms with Crippen LogP contribution in [0.3, 0.4) is 0 Å². The summed E-state index contributed by atoms with van der Waals surface area (Å²) < 4.78 is 0. The van der Waals surface area contributed by atoms with Gasteiger partial charge < -0.3 is 10.0 Å². The van der Waals surface area contributed by atoms with Crippen molar-refractivity contribution in [3.05, 3.63) is 0 Å². The summed E-state index contributed by atoms with van der Waals surface area (Å²) in [5.74, 6) is -0.502. The van der Waals surface area contributed by atoms with Crippen molar-refractivity contribution in [2.75, 3.05) is 13.1 Å². The van der Waals surface area contributed by atoms with E-state index >= 15 is 0 Å². The molecule has 19 heavy (non-hydrogen) atoms. The van der Waals surface area contributed by atoms with E-state index in [1.165, 1.54) is 6.42 Å². The van der Waals surface area contributed by atoms with Crippen LogP contribution in [0.5, 0.6) is 0 Å². The standard InChI is InChI=1S/C15H25NO3/c1-3-11-7-12(13(8-11)15(18)19)14(17)16-6-4-5-10(2)9-16/h10-13H,3-9H2,1-2H3,(H,18,19)/t10?,11?,12-,13+/m0/s1. The first kappa shape index (κ1) is 14.4. The summed E-state index contributed by atoms with van der Waals surface area (Å²) >= 11 is 0. The van der Waals surface area contributed by atoms with Crippen molar-refractivity contribution in [1.29, 1.82) is 0 Å². The molecule has 2 fully saturated rings. The fourth-order valence-corrected chi connectivity index (χ4v) is 3.65. The first-order valence-electron chi connectivity index (χ1n) is 7.54. The summed E-state index contributed by atoms with van der Waals surface area (Å²) in [6.07, 6.45) is 4.63. The molecule has 4 atom stereocenters. The minimum Gasteiger partial charge on any atom is -0.481 e. The van der Waals surface area contributed by atoms with Crippen LogP contribution in [0.2, 0.25) is 0 Å². The van der Waals surface area contributed by atoms with Crippen molar-refractivity contribution in [2.24, 2.45) is 23.7 Å². The normalized spacial score (nSPS) is 35.4. The second kappa shape index (κ2) is 5.93. The van der Waals surface area contributed by atoms with Gasteiger partial charge in [-0.05, 0) is 37.5 Å². The summed E-state index contributed by atoms with van der Waals surface area (Å²) in [5.41, 5.74) is 0. The van der Waals surface area contributed by atoms with E-state index in [1.54, 1.807) is 0 Å². The molecule has 0 bridgehead atoms. The predicted octanol–water partition coefficient (Wildman–Crippen LogP) is 2.38. The lowest BCUT2D eigenvalue weighted by molar-refractivity contribution is -0.149. The van der Waals surface area contributed by atoms with Crippen molar-refractivity contribution in [2.45, 2.75) is 46.0 Å². The highest BCUT2D eigenvalue weighted by Gasteiger charge is 2.43. The average molecular weight is 267 g/mol. The smallest absolute Gasteiger partial charge is 0.307 e. The van der Waals surface area contributed by atoms with Gasteiger partial charge in [-0.25, -0.2) is 0 Å². The third kappa shape index (κ3) is 3.10. The number of carboxylic acid groups (broad SMARTS) is 1. The van der Waals surface area contributed by atoms with E-state index in [0.29, 0.717) is 18.3 Å². The maximum absolute atomic E-state index is 12.6. The van der Waals surface area contributed by atoms with Gasteiger partial charge in [0.25, 0.3) is 0 Å². The number of carboxylic acids is 1. The van der Waals surface area contributed by atoms with Crippen LogP contribution in [0.4, 0.5) is 0 Å². The van der Waals surface area contributed by atoms with Crippen molar-refractivity contribution in [3.63, 3.8) is 0 Å². The third-order valence-electron chi connectivity index (χ3n) is 4.84. The Bertz CT molecular complexity index is 355. The van der Waals surface area contributed by atoms with Crippen LogP contribution in [0.15, 0.2) is 0 Å². The Morgan fingerprint density at radius 2 is 1.95 bits per heavy atom. The minimum atomic E-state index is -0.792. The van der Waals surface area contributed by atoms with Crippen LogP contribution in [-0.4, -0.2) is 35.0 Å². The number of hydrogen-bond donors (Lipinski definition) is 1. The van der Waals surface area contributed by atoms with E-state index in [2.05, 4.69) is 13.8 Å². The molecular weight excluding hydrogens is 242 g/mol.